The highest BCUT2D eigenvalue weighted by molar-refractivity contribution is 5.93. The van der Waals surface area contributed by atoms with Crippen molar-refractivity contribution in [3.05, 3.63) is 66.0 Å². The monoisotopic (exact) mass is 298 g/mol. The van der Waals surface area contributed by atoms with Gasteiger partial charge in [-0.2, -0.15) is 0 Å². The fraction of sp³-hybridized carbons (Fsp3) is 0.333. The quantitative estimate of drug-likeness (QED) is 0.861. The molecule has 0 saturated carbocycles. The molecule has 2 aromatic rings. The first-order valence-electron chi connectivity index (χ1n) is 7.41. The molecule has 0 fully saturated rings. The van der Waals surface area contributed by atoms with E-state index in [1.54, 1.807) is 25.3 Å². The smallest absolute Gasteiger partial charge is 0.252 e. The Hall–Kier alpha value is -2.20. The van der Waals surface area contributed by atoms with Crippen molar-refractivity contribution in [1.29, 1.82) is 0 Å². The van der Waals surface area contributed by atoms with Crippen LogP contribution in [0.25, 0.3) is 0 Å². The standard InChI is InChI=1S/C18H22N2O2/c1-14(21)18(2,11-15-7-4-3-5-8-15)13-20-17(22)16-9-6-10-19-12-16/h3-10,12,14,21H,11,13H2,1-2H3,(H,20,22)/t14-,18-/m0/s1. The molecular weight excluding hydrogens is 276 g/mol. The van der Waals surface area contributed by atoms with Gasteiger partial charge >= 0.3 is 0 Å². The Morgan fingerprint density at radius 2 is 2.00 bits per heavy atom. The van der Waals surface area contributed by atoms with Crippen LogP contribution in [0.3, 0.4) is 0 Å². The summed E-state index contributed by atoms with van der Waals surface area (Å²) in [5, 5.41) is 13.1. The Bertz CT molecular complexity index is 599. The van der Waals surface area contributed by atoms with Gasteiger partial charge in [-0.25, -0.2) is 0 Å². The molecular formula is C18H22N2O2. The number of carbonyl (C=O) groups is 1. The van der Waals surface area contributed by atoms with Gasteiger partial charge in [-0.1, -0.05) is 37.3 Å². The molecule has 0 aliphatic carbocycles. The lowest BCUT2D eigenvalue weighted by molar-refractivity contribution is 0.0500. The third-order valence-electron chi connectivity index (χ3n) is 4.04. The molecule has 22 heavy (non-hydrogen) atoms. The largest absolute Gasteiger partial charge is 0.393 e. The molecule has 1 heterocycles. The summed E-state index contributed by atoms with van der Waals surface area (Å²) in [6.45, 7) is 4.14. The van der Waals surface area contributed by atoms with Gasteiger partial charge in [-0.05, 0) is 31.0 Å². The van der Waals surface area contributed by atoms with E-state index < -0.39 is 11.5 Å². The second-order valence-electron chi connectivity index (χ2n) is 5.92. The van der Waals surface area contributed by atoms with Crippen molar-refractivity contribution in [3.8, 4) is 0 Å². The fourth-order valence-electron chi connectivity index (χ4n) is 2.30. The lowest BCUT2D eigenvalue weighted by atomic mass is 9.79. The Morgan fingerprint density at radius 1 is 1.27 bits per heavy atom. The van der Waals surface area contributed by atoms with Crippen molar-refractivity contribution in [2.24, 2.45) is 5.41 Å². The summed E-state index contributed by atoms with van der Waals surface area (Å²) in [5.41, 5.74) is 1.23. The number of nitrogens with one attached hydrogen (secondary N) is 1. The highest BCUT2D eigenvalue weighted by atomic mass is 16.3. The van der Waals surface area contributed by atoms with Gasteiger partial charge in [0, 0.05) is 24.4 Å². The van der Waals surface area contributed by atoms with Gasteiger partial charge in [-0.3, -0.25) is 9.78 Å². The first-order chi connectivity index (χ1) is 10.5. The summed E-state index contributed by atoms with van der Waals surface area (Å²) in [4.78, 5) is 16.1. The zero-order valence-electron chi connectivity index (χ0n) is 13.0. The third kappa shape index (κ3) is 4.15. The van der Waals surface area contributed by atoms with Crippen LogP contribution in [0.2, 0.25) is 0 Å². The summed E-state index contributed by atoms with van der Waals surface area (Å²) in [6, 6.07) is 13.4. The number of aliphatic hydroxyl groups excluding tert-OH is 1. The molecule has 0 bridgehead atoms. The lowest BCUT2D eigenvalue weighted by Crippen LogP contribution is -2.43. The number of aliphatic hydroxyl groups is 1. The number of rotatable bonds is 6. The zero-order valence-corrected chi connectivity index (χ0v) is 13.0. The van der Waals surface area contributed by atoms with Crippen LogP contribution in [0.5, 0.6) is 0 Å². The van der Waals surface area contributed by atoms with Crippen LogP contribution in [0, 0.1) is 5.41 Å². The summed E-state index contributed by atoms with van der Waals surface area (Å²) < 4.78 is 0. The predicted octanol–water partition coefficient (Wildman–Crippen LogP) is 2.44. The van der Waals surface area contributed by atoms with Crippen molar-refractivity contribution in [3.63, 3.8) is 0 Å². The van der Waals surface area contributed by atoms with Gasteiger partial charge < -0.3 is 10.4 Å². The summed E-state index contributed by atoms with van der Waals surface area (Å²) in [7, 11) is 0. The minimum Gasteiger partial charge on any atom is -0.393 e. The molecule has 1 aromatic carbocycles. The molecule has 0 spiro atoms. The number of carbonyl (C=O) groups excluding carboxylic acids is 1. The highest BCUT2D eigenvalue weighted by Crippen LogP contribution is 2.26. The number of pyridine rings is 1. The van der Waals surface area contributed by atoms with E-state index in [1.807, 2.05) is 37.3 Å². The third-order valence-corrected chi connectivity index (χ3v) is 4.04. The Kier molecular flexibility index (Phi) is 5.28. The normalized spacial score (nSPS) is 14.9. The minimum absolute atomic E-state index is 0.173. The van der Waals surface area contributed by atoms with Crippen LogP contribution in [-0.4, -0.2) is 28.6 Å². The topological polar surface area (TPSA) is 62.2 Å². The number of hydrogen-bond donors (Lipinski definition) is 2. The Balaban J connectivity index is 2.04. The van der Waals surface area contributed by atoms with E-state index >= 15 is 0 Å². The number of aromatic nitrogens is 1. The molecule has 2 rings (SSSR count). The minimum atomic E-state index is -0.540. The maximum absolute atomic E-state index is 12.1. The van der Waals surface area contributed by atoms with Gasteiger partial charge in [0.1, 0.15) is 0 Å². The van der Waals surface area contributed by atoms with E-state index in [9.17, 15) is 9.90 Å². The molecule has 116 valence electrons. The van der Waals surface area contributed by atoms with Crippen LogP contribution in [-0.2, 0) is 6.42 Å². The molecule has 0 unspecified atom stereocenters. The maximum atomic E-state index is 12.1. The van der Waals surface area contributed by atoms with E-state index in [4.69, 9.17) is 0 Å². The maximum Gasteiger partial charge on any atom is 0.252 e. The number of benzene rings is 1. The van der Waals surface area contributed by atoms with Crippen molar-refractivity contribution in [1.82, 2.24) is 10.3 Å². The summed E-state index contributed by atoms with van der Waals surface area (Å²) >= 11 is 0. The molecule has 2 atom stereocenters. The lowest BCUT2D eigenvalue weighted by Gasteiger charge is -2.33. The van der Waals surface area contributed by atoms with Gasteiger partial charge in [0.05, 0.1) is 11.7 Å². The molecule has 0 saturated heterocycles. The summed E-state index contributed by atoms with van der Waals surface area (Å²) in [5.74, 6) is -0.173. The van der Waals surface area contributed by atoms with Crippen LogP contribution in [0.1, 0.15) is 29.8 Å². The first kappa shape index (κ1) is 16.2. The molecule has 0 radical (unpaired) electrons. The summed E-state index contributed by atoms with van der Waals surface area (Å²) in [6.07, 6.45) is 3.32. The van der Waals surface area contributed by atoms with Gasteiger partial charge in [0.2, 0.25) is 0 Å². The van der Waals surface area contributed by atoms with Gasteiger partial charge in [0.25, 0.3) is 5.91 Å². The number of amides is 1. The molecule has 4 nitrogen and oxygen atoms in total. The van der Waals surface area contributed by atoms with Crippen molar-refractivity contribution < 1.29 is 9.90 Å². The van der Waals surface area contributed by atoms with Gasteiger partial charge in [0.15, 0.2) is 0 Å². The second kappa shape index (κ2) is 7.18. The average Bonchev–Trinajstić information content (AvgIpc) is 2.54. The zero-order chi connectivity index (χ0) is 16.0. The van der Waals surface area contributed by atoms with Gasteiger partial charge in [-0.15, -0.1) is 0 Å². The number of nitrogens with zero attached hydrogens (tertiary/aromatic N) is 1. The van der Waals surface area contributed by atoms with Crippen LogP contribution < -0.4 is 5.32 Å². The average molecular weight is 298 g/mol. The van der Waals surface area contributed by atoms with Crippen molar-refractivity contribution in [2.45, 2.75) is 26.4 Å². The van der Waals surface area contributed by atoms with Crippen LogP contribution in [0.4, 0.5) is 0 Å². The van der Waals surface area contributed by atoms with E-state index in [2.05, 4.69) is 10.3 Å². The molecule has 0 aliphatic heterocycles. The molecule has 1 aromatic heterocycles. The van der Waals surface area contributed by atoms with E-state index in [-0.39, 0.29) is 5.91 Å². The van der Waals surface area contributed by atoms with Crippen LogP contribution in [0.15, 0.2) is 54.9 Å². The molecule has 2 N–H and O–H groups in total. The first-order valence-corrected chi connectivity index (χ1v) is 7.41. The second-order valence-corrected chi connectivity index (χ2v) is 5.92. The Morgan fingerprint density at radius 3 is 2.59 bits per heavy atom. The SMILES string of the molecule is C[C@H](O)[C@](C)(CNC(=O)c1cccnc1)Cc1ccccc1. The van der Waals surface area contributed by atoms with E-state index in [1.165, 1.54) is 6.20 Å². The fourth-order valence-corrected chi connectivity index (χ4v) is 2.30. The molecule has 1 amide bonds. The number of hydrogen-bond acceptors (Lipinski definition) is 3. The van der Waals surface area contributed by atoms with E-state index in [0.717, 1.165) is 5.56 Å². The highest BCUT2D eigenvalue weighted by Gasteiger charge is 2.31. The van der Waals surface area contributed by atoms with E-state index in [0.29, 0.717) is 18.5 Å². The van der Waals surface area contributed by atoms with Crippen molar-refractivity contribution in [2.75, 3.05) is 6.54 Å². The van der Waals surface area contributed by atoms with Crippen molar-refractivity contribution >= 4 is 5.91 Å². The predicted molar refractivity (Wildman–Crippen MR) is 86.5 cm³/mol. The molecule has 4 heteroatoms. The Labute approximate surface area is 131 Å². The molecule has 0 aliphatic rings. The van der Waals surface area contributed by atoms with Crippen LogP contribution >= 0.6 is 0 Å².